The summed E-state index contributed by atoms with van der Waals surface area (Å²) in [4.78, 5) is 29.7. The third-order valence-corrected chi connectivity index (χ3v) is 5.86. The van der Waals surface area contributed by atoms with Crippen LogP contribution < -0.4 is 4.74 Å². The molecule has 170 valence electrons. The second-order valence-corrected chi connectivity index (χ2v) is 8.36. The molecule has 3 aromatic carbocycles. The van der Waals surface area contributed by atoms with E-state index in [1.807, 2.05) is 86.6 Å². The molecule has 1 atom stereocenters. The van der Waals surface area contributed by atoms with E-state index < -0.39 is 17.7 Å². The molecule has 1 unspecified atom stereocenters. The average Bonchev–Trinajstić information content (AvgIpc) is 3.07. The summed E-state index contributed by atoms with van der Waals surface area (Å²) in [6, 6.07) is 20.0. The number of ether oxygens (including phenoxy) is 1. The van der Waals surface area contributed by atoms with Crippen molar-refractivity contribution in [2.45, 2.75) is 13.0 Å². The van der Waals surface area contributed by atoms with Crippen molar-refractivity contribution < 1.29 is 19.4 Å². The first-order valence-electron chi connectivity index (χ1n) is 11.1. The maximum absolute atomic E-state index is 13.1. The zero-order chi connectivity index (χ0) is 23.5. The zero-order valence-electron chi connectivity index (χ0n) is 19.1. The lowest BCUT2D eigenvalue weighted by Gasteiger charge is -2.26. The topological polar surface area (TPSA) is 70.1 Å². The van der Waals surface area contributed by atoms with E-state index >= 15 is 0 Å². The Bertz CT molecular complexity index is 1210. The Morgan fingerprint density at radius 1 is 1.00 bits per heavy atom. The maximum atomic E-state index is 13.1. The lowest BCUT2D eigenvalue weighted by atomic mass is 9.94. The highest BCUT2D eigenvalue weighted by atomic mass is 16.5. The van der Waals surface area contributed by atoms with Crippen molar-refractivity contribution in [1.29, 1.82) is 0 Å². The van der Waals surface area contributed by atoms with Crippen LogP contribution in [0.4, 0.5) is 0 Å². The van der Waals surface area contributed by atoms with E-state index in [-0.39, 0.29) is 11.3 Å². The number of rotatable bonds is 7. The summed E-state index contributed by atoms with van der Waals surface area (Å²) in [6.07, 6.45) is 0. The van der Waals surface area contributed by atoms with Gasteiger partial charge in [0.1, 0.15) is 11.5 Å². The fraction of sp³-hybridized carbons (Fsp3) is 0.259. The summed E-state index contributed by atoms with van der Waals surface area (Å²) in [5.74, 6) is -0.720. The Morgan fingerprint density at radius 2 is 1.70 bits per heavy atom. The van der Waals surface area contributed by atoms with E-state index in [9.17, 15) is 14.7 Å². The fourth-order valence-electron chi connectivity index (χ4n) is 4.17. The number of Topliss-reactive ketones (excluding diaryl/α,β-unsaturated/α-hetero) is 1. The number of hydrogen-bond acceptors (Lipinski definition) is 5. The van der Waals surface area contributed by atoms with Crippen LogP contribution in [0.1, 0.15) is 24.1 Å². The average molecular weight is 445 g/mol. The van der Waals surface area contributed by atoms with Crippen LogP contribution in [-0.2, 0) is 9.59 Å². The largest absolute Gasteiger partial charge is 0.507 e. The standard InChI is InChI=1S/C27H28N2O4/c1-4-33-22-13-11-19(12-14-22)24-23(26(31)27(32)29(24)16-15-28(2)3)25(30)21-10-9-18-7-5-6-8-20(18)17-21/h5-14,17,24,30H,4,15-16H2,1-3H3/b25-23-. The van der Waals surface area contributed by atoms with Gasteiger partial charge in [-0.1, -0.05) is 48.5 Å². The molecule has 0 radical (unpaired) electrons. The maximum Gasteiger partial charge on any atom is 0.295 e. The Morgan fingerprint density at radius 3 is 2.36 bits per heavy atom. The second-order valence-electron chi connectivity index (χ2n) is 8.36. The Kier molecular flexibility index (Phi) is 6.47. The molecule has 6 heteroatoms. The number of carbonyl (C=O) groups excluding carboxylic acids is 2. The predicted octanol–water partition coefficient (Wildman–Crippen LogP) is 4.22. The summed E-state index contributed by atoms with van der Waals surface area (Å²) < 4.78 is 5.54. The van der Waals surface area contributed by atoms with E-state index in [4.69, 9.17) is 4.74 Å². The fourth-order valence-corrected chi connectivity index (χ4v) is 4.17. The number of fused-ring (bicyclic) bond motifs is 1. The second kappa shape index (κ2) is 9.46. The number of nitrogens with zero attached hydrogens (tertiary/aromatic N) is 2. The van der Waals surface area contributed by atoms with E-state index in [2.05, 4.69) is 0 Å². The predicted molar refractivity (Wildman–Crippen MR) is 129 cm³/mol. The zero-order valence-corrected chi connectivity index (χ0v) is 19.1. The number of hydrogen-bond donors (Lipinski definition) is 1. The summed E-state index contributed by atoms with van der Waals surface area (Å²) in [7, 11) is 3.83. The van der Waals surface area contributed by atoms with Gasteiger partial charge in [-0.15, -0.1) is 0 Å². The Balaban J connectivity index is 1.83. The molecule has 1 saturated heterocycles. The number of likely N-dealkylation sites (N-methyl/N-ethyl adjacent to an activating group) is 1. The summed E-state index contributed by atoms with van der Waals surface area (Å²) >= 11 is 0. The smallest absolute Gasteiger partial charge is 0.295 e. The lowest BCUT2D eigenvalue weighted by Crippen LogP contribution is -2.35. The van der Waals surface area contributed by atoms with Gasteiger partial charge in [0.2, 0.25) is 0 Å². The molecule has 0 spiro atoms. The summed E-state index contributed by atoms with van der Waals surface area (Å²) in [5.41, 5.74) is 1.37. The molecule has 1 fully saturated rings. The molecule has 1 heterocycles. The first kappa shape index (κ1) is 22.6. The molecule has 1 aliphatic rings. The van der Waals surface area contributed by atoms with Crippen LogP contribution in [0.25, 0.3) is 16.5 Å². The molecular weight excluding hydrogens is 416 g/mol. The minimum absolute atomic E-state index is 0.109. The highest BCUT2D eigenvalue weighted by Gasteiger charge is 2.45. The van der Waals surface area contributed by atoms with Crippen LogP contribution in [-0.4, -0.2) is 60.4 Å². The Hall–Kier alpha value is -3.64. The van der Waals surface area contributed by atoms with Crippen LogP contribution in [0, 0.1) is 0 Å². The first-order chi connectivity index (χ1) is 15.9. The molecule has 1 amide bonds. The van der Waals surface area contributed by atoms with E-state index in [1.165, 1.54) is 0 Å². The number of carbonyl (C=O) groups is 2. The molecule has 4 rings (SSSR count). The molecule has 6 nitrogen and oxygen atoms in total. The van der Waals surface area contributed by atoms with Crippen molar-refractivity contribution in [2.24, 2.45) is 0 Å². The molecule has 1 aliphatic heterocycles. The van der Waals surface area contributed by atoms with Crippen molar-refractivity contribution in [1.82, 2.24) is 9.80 Å². The van der Waals surface area contributed by atoms with Crippen LogP contribution in [0.5, 0.6) is 5.75 Å². The number of benzene rings is 3. The van der Waals surface area contributed by atoms with Gasteiger partial charge in [-0.25, -0.2) is 0 Å². The van der Waals surface area contributed by atoms with Crippen molar-refractivity contribution in [3.8, 4) is 5.75 Å². The Labute approximate surface area is 193 Å². The number of aliphatic hydroxyl groups is 1. The molecule has 0 aliphatic carbocycles. The van der Waals surface area contributed by atoms with Gasteiger partial charge in [-0.3, -0.25) is 9.59 Å². The number of aliphatic hydroxyl groups excluding tert-OH is 1. The highest BCUT2D eigenvalue weighted by molar-refractivity contribution is 6.46. The summed E-state index contributed by atoms with van der Waals surface area (Å²) in [6.45, 7) is 3.41. The molecule has 3 aromatic rings. The van der Waals surface area contributed by atoms with Crippen LogP contribution in [0.15, 0.2) is 72.3 Å². The SMILES string of the molecule is CCOc1ccc(C2/C(=C(/O)c3ccc4ccccc4c3)C(=O)C(=O)N2CCN(C)C)cc1. The van der Waals surface area contributed by atoms with Crippen molar-refractivity contribution in [3.63, 3.8) is 0 Å². The molecule has 1 N–H and O–H groups in total. The molecular formula is C27H28N2O4. The van der Waals surface area contributed by atoms with Gasteiger partial charge >= 0.3 is 0 Å². The van der Waals surface area contributed by atoms with Crippen molar-refractivity contribution in [2.75, 3.05) is 33.8 Å². The van der Waals surface area contributed by atoms with E-state index in [1.54, 1.807) is 11.0 Å². The number of ketones is 1. The minimum Gasteiger partial charge on any atom is -0.507 e. The van der Waals surface area contributed by atoms with Gasteiger partial charge in [0.15, 0.2) is 0 Å². The summed E-state index contributed by atoms with van der Waals surface area (Å²) in [5, 5.41) is 13.3. The van der Waals surface area contributed by atoms with Gasteiger partial charge in [-0.05, 0) is 55.6 Å². The number of likely N-dealkylation sites (tertiary alicyclic amines) is 1. The van der Waals surface area contributed by atoms with Crippen LogP contribution in [0.2, 0.25) is 0 Å². The third-order valence-electron chi connectivity index (χ3n) is 5.86. The van der Waals surface area contributed by atoms with Crippen molar-refractivity contribution in [3.05, 3.63) is 83.4 Å². The highest BCUT2D eigenvalue weighted by Crippen LogP contribution is 2.40. The van der Waals surface area contributed by atoms with Gasteiger partial charge in [-0.2, -0.15) is 0 Å². The number of amides is 1. The third kappa shape index (κ3) is 4.47. The van der Waals surface area contributed by atoms with E-state index in [0.717, 1.165) is 16.3 Å². The molecule has 0 saturated carbocycles. The minimum atomic E-state index is -0.674. The van der Waals surface area contributed by atoms with Gasteiger partial charge in [0.25, 0.3) is 11.7 Å². The lowest BCUT2D eigenvalue weighted by molar-refractivity contribution is -0.140. The van der Waals surface area contributed by atoms with Crippen molar-refractivity contribution >= 4 is 28.2 Å². The molecule has 0 bridgehead atoms. The van der Waals surface area contributed by atoms with Crippen LogP contribution in [0.3, 0.4) is 0 Å². The van der Waals surface area contributed by atoms with Gasteiger partial charge in [0, 0.05) is 18.7 Å². The quantitative estimate of drug-likeness (QED) is 0.336. The van der Waals surface area contributed by atoms with Gasteiger partial charge in [0.05, 0.1) is 18.2 Å². The van der Waals surface area contributed by atoms with Gasteiger partial charge < -0.3 is 19.6 Å². The normalized spacial score (nSPS) is 17.8. The molecule has 0 aromatic heterocycles. The molecule has 33 heavy (non-hydrogen) atoms. The van der Waals surface area contributed by atoms with Crippen LogP contribution >= 0.6 is 0 Å². The monoisotopic (exact) mass is 444 g/mol. The first-order valence-corrected chi connectivity index (χ1v) is 11.1. The van der Waals surface area contributed by atoms with E-state index in [0.29, 0.717) is 31.0 Å².